The standard InChI is InChI=1S/C20H24N4OS/c1-11-8-7-9-16-12(2)10-17(21-18(11)16)26-15(5)20(25)22-19-13(3)23-24(6)14(19)4/h7-10,15H,1-6H3,(H,22,25). The quantitative estimate of drug-likeness (QED) is 0.697. The zero-order chi connectivity index (χ0) is 19.0. The molecule has 136 valence electrons. The minimum atomic E-state index is -0.262. The summed E-state index contributed by atoms with van der Waals surface area (Å²) < 4.78 is 1.78. The molecule has 3 rings (SSSR count). The Morgan fingerprint density at radius 1 is 1.19 bits per heavy atom. The molecule has 0 saturated carbocycles. The second kappa shape index (κ2) is 7.11. The summed E-state index contributed by atoms with van der Waals surface area (Å²) in [5.74, 6) is -0.0430. The molecule has 0 fully saturated rings. The van der Waals surface area contributed by atoms with Crippen LogP contribution in [-0.2, 0) is 11.8 Å². The van der Waals surface area contributed by atoms with Crippen molar-refractivity contribution < 1.29 is 4.79 Å². The van der Waals surface area contributed by atoms with Gasteiger partial charge in [0.15, 0.2) is 0 Å². The maximum absolute atomic E-state index is 12.6. The molecule has 0 spiro atoms. The molecule has 1 aromatic carbocycles. The number of thioether (sulfide) groups is 1. The number of nitrogens with zero attached hydrogens (tertiary/aromatic N) is 3. The van der Waals surface area contributed by atoms with Crippen molar-refractivity contribution in [3.05, 3.63) is 46.8 Å². The lowest BCUT2D eigenvalue weighted by atomic mass is 10.1. The van der Waals surface area contributed by atoms with Crippen LogP contribution in [0.2, 0.25) is 0 Å². The molecule has 2 heterocycles. The van der Waals surface area contributed by atoms with Gasteiger partial charge in [-0.05, 0) is 51.8 Å². The second-order valence-corrected chi connectivity index (χ2v) is 8.03. The van der Waals surface area contributed by atoms with E-state index in [1.165, 1.54) is 17.3 Å². The highest BCUT2D eigenvalue weighted by Gasteiger charge is 2.19. The number of hydrogen-bond donors (Lipinski definition) is 1. The molecule has 0 radical (unpaired) electrons. The van der Waals surface area contributed by atoms with Crippen molar-refractivity contribution in [1.82, 2.24) is 14.8 Å². The number of anilines is 1. The molecule has 1 unspecified atom stereocenters. The maximum Gasteiger partial charge on any atom is 0.237 e. The molecule has 6 heteroatoms. The summed E-state index contributed by atoms with van der Waals surface area (Å²) >= 11 is 1.48. The molecule has 3 aromatic rings. The highest BCUT2D eigenvalue weighted by molar-refractivity contribution is 8.00. The predicted octanol–water partition coefficient (Wildman–Crippen LogP) is 4.32. The van der Waals surface area contributed by atoms with Crippen LogP contribution >= 0.6 is 11.8 Å². The molecular weight excluding hydrogens is 344 g/mol. The number of fused-ring (bicyclic) bond motifs is 1. The zero-order valence-corrected chi connectivity index (χ0v) is 16.9. The van der Waals surface area contributed by atoms with Crippen molar-refractivity contribution in [3.63, 3.8) is 0 Å². The first-order valence-corrected chi connectivity index (χ1v) is 9.50. The number of para-hydroxylation sites is 1. The van der Waals surface area contributed by atoms with E-state index in [0.717, 1.165) is 38.6 Å². The van der Waals surface area contributed by atoms with Crippen molar-refractivity contribution in [1.29, 1.82) is 0 Å². The predicted molar refractivity (Wildman–Crippen MR) is 108 cm³/mol. The number of rotatable bonds is 4. The molecule has 1 N–H and O–H groups in total. The third kappa shape index (κ3) is 3.46. The molecule has 0 bridgehead atoms. The number of nitrogens with one attached hydrogen (secondary N) is 1. The van der Waals surface area contributed by atoms with Crippen LogP contribution in [0.5, 0.6) is 0 Å². The van der Waals surface area contributed by atoms with Gasteiger partial charge in [0.25, 0.3) is 0 Å². The Hall–Kier alpha value is -2.34. The van der Waals surface area contributed by atoms with Gasteiger partial charge in [-0.2, -0.15) is 5.10 Å². The third-order valence-electron chi connectivity index (χ3n) is 4.65. The van der Waals surface area contributed by atoms with E-state index in [2.05, 4.69) is 42.5 Å². The molecule has 2 aromatic heterocycles. The minimum absolute atomic E-state index is 0.0430. The number of aromatic nitrogens is 3. The van der Waals surface area contributed by atoms with Crippen molar-refractivity contribution in [2.45, 2.75) is 44.9 Å². The molecule has 0 saturated heterocycles. The molecule has 0 aliphatic rings. The van der Waals surface area contributed by atoms with Gasteiger partial charge in [-0.3, -0.25) is 9.48 Å². The topological polar surface area (TPSA) is 59.8 Å². The lowest BCUT2D eigenvalue weighted by Gasteiger charge is -2.13. The Labute approximate surface area is 158 Å². The first kappa shape index (κ1) is 18.5. The van der Waals surface area contributed by atoms with E-state index < -0.39 is 0 Å². The Kier molecular flexibility index (Phi) is 5.05. The van der Waals surface area contributed by atoms with Crippen LogP contribution in [0.25, 0.3) is 10.9 Å². The van der Waals surface area contributed by atoms with Crippen molar-refractivity contribution >= 4 is 34.3 Å². The van der Waals surface area contributed by atoms with Gasteiger partial charge in [0.05, 0.1) is 32.9 Å². The van der Waals surface area contributed by atoms with Gasteiger partial charge < -0.3 is 5.32 Å². The van der Waals surface area contributed by atoms with Gasteiger partial charge in [0, 0.05) is 12.4 Å². The van der Waals surface area contributed by atoms with E-state index in [-0.39, 0.29) is 11.2 Å². The molecular formula is C20H24N4OS. The summed E-state index contributed by atoms with van der Waals surface area (Å²) in [6.45, 7) is 9.90. The fourth-order valence-electron chi connectivity index (χ4n) is 3.01. The first-order chi connectivity index (χ1) is 12.3. The van der Waals surface area contributed by atoms with E-state index >= 15 is 0 Å². The summed E-state index contributed by atoms with van der Waals surface area (Å²) in [5, 5.41) is 9.12. The SMILES string of the molecule is Cc1nn(C)c(C)c1NC(=O)C(C)Sc1cc(C)c2cccc(C)c2n1. The van der Waals surface area contributed by atoms with E-state index in [4.69, 9.17) is 4.98 Å². The van der Waals surface area contributed by atoms with Crippen LogP contribution in [0.4, 0.5) is 5.69 Å². The lowest BCUT2D eigenvalue weighted by molar-refractivity contribution is -0.115. The Morgan fingerprint density at radius 3 is 2.58 bits per heavy atom. The number of carbonyl (C=O) groups excluding carboxylic acids is 1. The lowest BCUT2D eigenvalue weighted by Crippen LogP contribution is -2.23. The van der Waals surface area contributed by atoms with Crippen LogP contribution in [0.1, 0.15) is 29.4 Å². The highest BCUT2D eigenvalue weighted by Crippen LogP contribution is 2.29. The third-order valence-corrected chi connectivity index (χ3v) is 5.67. The zero-order valence-electron chi connectivity index (χ0n) is 16.0. The fraction of sp³-hybridized carbons (Fsp3) is 0.350. The molecule has 26 heavy (non-hydrogen) atoms. The number of aryl methyl sites for hydroxylation is 4. The molecule has 5 nitrogen and oxygen atoms in total. The van der Waals surface area contributed by atoms with Crippen LogP contribution in [0.3, 0.4) is 0 Å². The number of pyridine rings is 1. The van der Waals surface area contributed by atoms with E-state index in [9.17, 15) is 4.79 Å². The van der Waals surface area contributed by atoms with Crippen LogP contribution in [0, 0.1) is 27.7 Å². The number of amides is 1. The minimum Gasteiger partial charge on any atom is -0.322 e. The molecule has 1 atom stereocenters. The Bertz CT molecular complexity index is 993. The monoisotopic (exact) mass is 368 g/mol. The van der Waals surface area contributed by atoms with Crippen LogP contribution in [0.15, 0.2) is 29.3 Å². The second-order valence-electron chi connectivity index (χ2n) is 6.67. The summed E-state index contributed by atoms with van der Waals surface area (Å²) in [7, 11) is 1.88. The first-order valence-electron chi connectivity index (χ1n) is 8.62. The summed E-state index contributed by atoms with van der Waals surface area (Å²) in [6.07, 6.45) is 0. The van der Waals surface area contributed by atoms with Crippen LogP contribution in [-0.4, -0.2) is 25.9 Å². The Morgan fingerprint density at radius 2 is 1.92 bits per heavy atom. The fourth-order valence-corrected chi connectivity index (χ4v) is 3.92. The summed E-state index contributed by atoms with van der Waals surface area (Å²) in [4.78, 5) is 17.4. The summed E-state index contributed by atoms with van der Waals surface area (Å²) in [6, 6.07) is 8.25. The summed E-state index contributed by atoms with van der Waals surface area (Å²) in [5.41, 5.74) is 5.89. The van der Waals surface area contributed by atoms with E-state index in [1.54, 1.807) is 4.68 Å². The maximum atomic E-state index is 12.6. The van der Waals surface area contributed by atoms with E-state index in [0.29, 0.717) is 0 Å². The number of carbonyl (C=O) groups is 1. The van der Waals surface area contributed by atoms with Gasteiger partial charge in [0.2, 0.25) is 5.91 Å². The molecule has 0 aliphatic heterocycles. The molecule has 1 amide bonds. The van der Waals surface area contributed by atoms with Crippen molar-refractivity contribution in [2.24, 2.45) is 7.05 Å². The highest BCUT2D eigenvalue weighted by atomic mass is 32.2. The van der Waals surface area contributed by atoms with Crippen LogP contribution < -0.4 is 5.32 Å². The Balaban J connectivity index is 1.81. The van der Waals surface area contributed by atoms with Crippen molar-refractivity contribution in [2.75, 3.05) is 5.32 Å². The van der Waals surface area contributed by atoms with E-state index in [1.807, 2.05) is 33.9 Å². The van der Waals surface area contributed by atoms with Gasteiger partial charge in [-0.15, -0.1) is 0 Å². The van der Waals surface area contributed by atoms with Gasteiger partial charge >= 0.3 is 0 Å². The normalized spacial score (nSPS) is 12.4. The average Bonchev–Trinajstić information content (AvgIpc) is 2.82. The number of benzene rings is 1. The van der Waals surface area contributed by atoms with Gasteiger partial charge in [0.1, 0.15) is 0 Å². The van der Waals surface area contributed by atoms with Crippen molar-refractivity contribution in [3.8, 4) is 0 Å². The largest absolute Gasteiger partial charge is 0.322 e. The smallest absolute Gasteiger partial charge is 0.237 e. The molecule has 0 aliphatic carbocycles. The number of hydrogen-bond acceptors (Lipinski definition) is 4. The van der Waals surface area contributed by atoms with Gasteiger partial charge in [-0.1, -0.05) is 30.0 Å². The average molecular weight is 369 g/mol. The van der Waals surface area contributed by atoms with Gasteiger partial charge in [-0.25, -0.2) is 4.98 Å².